The molecular formula is C14H15NO4. The maximum absolute atomic E-state index is 11.6. The van der Waals surface area contributed by atoms with Crippen LogP contribution in [0, 0.1) is 12.3 Å². The maximum atomic E-state index is 11.6. The SMILES string of the molecule is C#CCCCCC(=O)Nc1cccc(C(=O)O)c1O. The standard InChI is InChI=1S/C14H15NO4/c1-2-3-4-5-9-12(16)15-11-8-6-7-10(13(11)17)14(18)19/h1,6-8,17H,3-5,9H2,(H,15,16)(H,18,19). The van der Waals surface area contributed by atoms with Crippen molar-refractivity contribution in [1.29, 1.82) is 0 Å². The first-order valence-corrected chi connectivity index (χ1v) is 5.85. The van der Waals surface area contributed by atoms with E-state index in [-0.39, 0.29) is 23.6 Å². The maximum Gasteiger partial charge on any atom is 0.339 e. The molecule has 0 atom stereocenters. The lowest BCUT2D eigenvalue weighted by Crippen LogP contribution is -2.12. The minimum absolute atomic E-state index is 0.0989. The van der Waals surface area contributed by atoms with Crippen molar-refractivity contribution in [3.63, 3.8) is 0 Å². The van der Waals surface area contributed by atoms with Gasteiger partial charge in [-0.1, -0.05) is 6.07 Å². The van der Waals surface area contributed by atoms with Crippen molar-refractivity contribution in [3.05, 3.63) is 23.8 Å². The second-order valence-electron chi connectivity index (χ2n) is 3.97. The molecule has 0 fully saturated rings. The number of carbonyl (C=O) groups is 2. The quantitative estimate of drug-likeness (QED) is 0.416. The summed E-state index contributed by atoms with van der Waals surface area (Å²) in [5, 5.41) is 21.0. The van der Waals surface area contributed by atoms with Crippen LogP contribution in [-0.2, 0) is 4.79 Å². The summed E-state index contributed by atoms with van der Waals surface area (Å²) in [7, 11) is 0. The third kappa shape index (κ3) is 4.36. The summed E-state index contributed by atoms with van der Waals surface area (Å²) < 4.78 is 0. The zero-order valence-corrected chi connectivity index (χ0v) is 10.3. The van der Waals surface area contributed by atoms with Crippen LogP contribution in [-0.4, -0.2) is 22.1 Å². The minimum atomic E-state index is -1.25. The molecule has 0 aliphatic rings. The Balaban J connectivity index is 2.62. The van der Waals surface area contributed by atoms with Crippen LogP contribution >= 0.6 is 0 Å². The van der Waals surface area contributed by atoms with Crippen molar-refractivity contribution in [2.24, 2.45) is 0 Å². The molecule has 1 rings (SSSR count). The number of unbranched alkanes of at least 4 members (excludes halogenated alkanes) is 2. The molecule has 100 valence electrons. The zero-order valence-electron chi connectivity index (χ0n) is 10.3. The predicted octanol–water partition coefficient (Wildman–Crippen LogP) is 2.22. The Morgan fingerprint density at radius 2 is 2.05 bits per heavy atom. The van der Waals surface area contributed by atoms with E-state index in [2.05, 4.69) is 11.2 Å². The number of rotatable bonds is 6. The number of carbonyl (C=O) groups excluding carboxylic acids is 1. The molecule has 1 aromatic carbocycles. The summed E-state index contributed by atoms with van der Waals surface area (Å²) in [4.78, 5) is 22.4. The highest BCUT2D eigenvalue weighted by molar-refractivity contribution is 5.97. The molecule has 0 aliphatic heterocycles. The van der Waals surface area contributed by atoms with E-state index < -0.39 is 11.7 Å². The van der Waals surface area contributed by atoms with Gasteiger partial charge in [-0.05, 0) is 25.0 Å². The fourth-order valence-corrected chi connectivity index (χ4v) is 1.54. The van der Waals surface area contributed by atoms with Crippen LogP contribution < -0.4 is 5.32 Å². The average molecular weight is 261 g/mol. The average Bonchev–Trinajstić information content (AvgIpc) is 2.37. The Morgan fingerprint density at radius 3 is 2.68 bits per heavy atom. The van der Waals surface area contributed by atoms with Crippen molar-refractivity contribution in [2.45, 2.75) is 25.7 Å². The molecule has 5 heteroatoms. The van der Waals surface area contributed by atoms with Gasteiger partial charge in [-0.25, -0.2) is 4.79 Å². The van der Waals surface area contributed by atoms with Crippen LogP contribution in [0.15, 0.2) is 18.2 Å². The van der Waals surface area contributed by atoms with Crippen LogP contribution in [0.3, 0.4) is 0 Å². The molecule has 0 saturated heterocycles. The molecule has 0 aliphatic carbocycles. The van der Waals surface area contributed by atoms with Crippen molar-refractivity contribution in [2.75, 3.05) is 5.32 Å². The van der Waals surface area contributed by atoms with Crippen LogP contribution in [0.25, 0.3) is 0 Å². The first-order valence-electron chi connectivity index (χ1n) is 5.85. The summed E-state index contributed by atoms with van der Waals surface area (Å²) in [6.45, 7) is 0. The highest BCUT2D eigenvalue weighted by atomic mass is 16.4. The van der Waals surface area contributed by atoms with E-state index in [0.29, 0.717) is 12.8 Å². The monoisotopic (exact) mass is 261 g/mol. The molecule has 0 aromatic heterocycles. The molecular weight excluding hydrogens is 246 g/mol. The summed E-state index contributed by atoms with van der Waals surface area (Å²) >= 11 is 0. The van der Waals surface area contributed by atoms with Crippen molar-refractivity contribution < 1.29 is 19.8 Å². The first kappa shape index (κ1) is 14.6. The van der Waals surface area contributed by atoms with Crippen LogP contribution in [0.5, 0.6) is 5.75 Å². The molecule has 19 heavy (non-hydrogen) atoms. The van der Waals surface area contributed by atoms with E-state index in [1.165, 1.54) is 18.2 Å². The smallest absolute Gasteiger partial charge is 0.339 e. The molecule has 0 heterocycles. The van der Waals surface area contributed by atoms with Gasteiger partial charge in [0.15, 0.2) is 5.75 Å². The summed E-state index contributed by atoms with van der Waals surface area (Å²) in [5.41, 5.74) is -0.146. The van der Waals surface area contributed by atoms with Crippen LogP contribution in [0.4, 0.5) is 5.69 Å². The fraction of sp³-hybridized carbons (Fsp3) is 0.286. The van der Waals surface area contributed by atoms with Crippen LogP contribution in [0.1, 0.15) is 36.0 Å². The molecule has 3 N–H and O–H groups in total. The number of nitrogens with one attached hydrogen (secondary N) is 1. The van der Waals surface area contributed by atoms with Gasteiger partial charge < -0.3 is 15.5 Å². The van der Waals surface area contributed by atoms with Gasteiger partial charge >= 0.3 is 5.97 Å². The van der Waals surface area contributed by atoms with Crippen molar-refractivity contribution in [3.8, 4) is 18.1 Å². The predicted molar refractivity (Wildman–Crippen MR) is 71.0 cm³/mol. The summed E-state index contributed by atoms with van der Waals surface area (Å²) in [5.74, 6) is 0.515. The van der Waals surface area contributed by atoms with Gasteiger partial charge in [0.2, 0.25) is 5.91 Å². The molecule has 0 unspecified atom stereocenters. The zero-order chi connectivity index (χ0) is 14.3. The van der Waals surface area contributed by atoms with Gasteiger partial charge in [0.25, 0.3) is 0 Å². The van der Waals surface area contributed by atoms with Gasteiger partial charge in [-0.15, -0.1) is 12.3 Å². The molecule has 1 aromatic rings. The number of aromatic carboxylic acids is 1. The van der Waals surface area contributed by atoms with E-state index >= 15 is 0 Å². The topological polar surface area (TPSA) is 86.6 Å². The number of para-hydroxylation sites is 1. The van der Waals surface area contributed by atoms with Crippen molar-refractivity contribution in [1.82, 2.24) is 0 Å². The number of hydrogen-bond donors (Lipinski definition) is 3. The molecule has 0 saturated carbocycles. The van der Waals surface area contributed by atoms with E-state index in [1.54, 1.807) is 0 Å². The number of anilines is 1. The Kier molecular flexibility index (Phi) is 5.42. The third-order valence-electron chi connectivity index (χ3n) is 2.52. The molecule has 0 spiro atoms. The highest BCUT2D eigenvalue weighted by Gasteiger charge is 2.14. The highest BCUT2D eigenvalue weighted by Crippen LogP contribution is 2.27. The van der Waals surface area contributed by atoms with E-state index in [0.717, 1.165) is 6.42 Å². The number of benzene rings is 1. The number of amides is 1. The molecule has 0 radical (unpaired) electrons. The lowest BCUT2D eigenvalue weighted by Gasteiger charge is -2.08. The second-order valence-corrected chi connectivity index (χ2v) is 3.97. The second kappa shape index (κ2) is 7.07. The van der Waals surface area contributed by atoms with Gasteiger partial charge in [0.05, 0.1) is 5.69 Å². The Morgan fingerprint density at radius 1 is 1.32 bits per heavy atom. The van der Waals surface area contributed by atoms with E-state index in [4.69, 9.17) is 11.5 Å². The summed E-state index contributed by atoms with van der Waals surface area (Å²) in [6, 6.07) is 4.17. The van der Waals surface area contributed by atoms with Crippen LogP contribution in [0.2, 0.25) is 0 Å². The normalized spacial score (nSPS) is 9.63. The molecule has 1 amide bonds. The van der Waals surface area contributed by atoms with Gasteiger partial charge in [-0.3, -0.25) is 4.79 Å². The Labute approximate surface area is 111 Å². The number of carboxylic acid groups (broad SMARTS) is 1. The lowest BCUT2D eigenvalue weighted by atomic mass is 10.1. The third-order valence-corrected chi connectivity index (χ3v) is 2.52. The van der Waals surface area contributed by atoms with Gasteiger partial charge in [0.1, 0.15) is 5.56 Å². The molecule has 0 bridgehead atoms. The minimum Gasteiger partial charge on any atom is -0.505 e. The number of aromatic hydroxyl groups is 1. The Hall–Kier alpha value is -2.48. The van der Waals surface area contributed by atoms with E-state index in [1.807, 2.05) is 0 Å². The number of terminal acetylenes is 1. The van der Waals surface area contributed by atoms with E-state index in [9.17, 15) is 14.7 Å². The van der Waals surface area contributed by atoms with Crippen molar-refractivity contribution >= 4 is 17.6 Å². The Bertz CT molecular complexity index is 517. The number of carboxylic acids is 1. The lowest BCUT2D eigenvalue weighted by molar-refractivity contribution is -0.116. The van der Waals surface area contributed by atoms with Gasteiger partial charge in [0, 0.05) is 12.8 Å². The first-order chi connectivity index (χ1) is 9.06. The number of hydrogen-bond acceptors (Lipinski definition) is 3. The number of phenols is 1. The fourth-order valence-electron chi connectivity index (χ4n) is 1.54. The summed E-state index contributed by atoms with van der Waals surface area (Å²) in [6.07, 6.45) is 7.39. The van der Waals surface area contributed by atoms with Gasteiger partial charge in [-0.2, -0.15) is 0 Å². The molecule has 5 nitrogen and oxygen atoms in total. The largest absolute Gasteiger partial charge is 0.505 e.